The van der Waals surface area contributed by atoms with Gasteiger partial charge >= 0.3 is 0 Å². The number of hydrogen-bond donors (Lipinski definition) is 1. The number of thiazole rings is 1. The maximum Gasteiger partial charge on any atom is 0.257 e. The summed E-state index contributed by atoms with van der Waals surface area (Å²) >= 11 is 4.94. The first-order valence-electron chi connectivity index (χ1n) is 5.89. The molecular weight excluding hydrogens is 324 g/mol. The molecule has 1 amide bonds. The molecule has 2 aromatic rings. The molecule has 1 aromatic heterocycles. The summed E-state index contributed by atoms with van der Waals surface area (Å²) in [5, 5.41) is 5.21. The third-order valence-electron chi connectivity index (χ3n) is 2.69. The molecule has 1 N–H and O–H groups in total. The molecular formula is C14H15BrN2OS. The minimum Gasteiger partial charge on any atom is -0.298 e. The van der Waals surface area contributed by atoms with Crippen molar-refractivity contribution >= 4 is 38.3 Å². The highest BCUT2D eigenvalue weighted by Crippen LogP contribution is 2.30. The molecule has 0 bridgehead atoms. The van der Waals surface area contributed by atoms with Gasteiger partial charge < -0.3 is 0 Å². The van der Waals surface area contributed by atoms with Gasteiger partial charge in [0.1, 0.15) is 0 Å². The van der Waals surface area contributed by atoms with Crippen LogP contribution in [-0.4, -0.2) is 10.9 Å². The summed E-state index contributed by atoms with van der Waals surface area (Å²) in [6, 6.07) is 5.68. The zero-order valence-electron chi connectivity index (χ0n) is 11.0. The van der Waals surface area contributed by atoms with Crippen molar-refractivity contribution < 1.29 is 4.79 Å². The summed E-state index contributed by atoms with van der Waals surface area (Å²) in [5.41, 5.74) is 1.84. The van der Waals surface area contributed by atoms with E-state index in [-0.39, 0.29) is 11.3 Å². The molecule has 1 heterocycles. The Morgan fingerprint density at radius 2 is 2.11 bits per heavy atom. The molecule has 0 fully saturated rings. The lowest BCUT2D eigenvalue weighted by Crippen LogP contribution is -2.15. The van der Waals surface area contributed by atoms with Crippen molar-refractivity contribution in [2.24, 2.45) is 0 Å². The first-order valence-corrected chi connectivity index (χ1v) is 7.56. The Labute approximate surface area is 125 Å². The summed E-state index contributed by atoms with van der Waals surface area (Å²) in [7, 11) is 0. The summed E-state index contributed by atoms with van der Waals surface area (Å²) in [6.45, 7) is 6.42. The van der Waals surface area contributed by atoms with Crippen molar-refractivity contribution in [3.63, 3.8) is 0 Å². The number of hydrogen-bond acceptors (Lipinski definition) is 3. The minimum absolute atomic E-state index is 0.0448. The van der Waals surface area contributed by atoms with Crippen molar-refractivity contribution in [1.82, 2.24) is 4.98 Å². The number of carbonyl (C=O) groups is 1. The highest BCUT2D eigenvalue weighted by atomic mass is 79.9. The molecule has 0 atom stereocenters. The van der Waals surface area contributed by atoms with Crippen LogP contribution in [-0.2, 0) is 5.41 Å². The zero-order valence-corrected chi connectivity index (χ0v) is 13.4. The topological polar surface area (TPSA) is 42.0 Å². The molecule has 0 spiro atoms. The van der Waals surface area contributed by atoms with Crippen LogP contribution in [0.4, 0.5) is 5.13 Å². The Balaban J connectivity index is 2.22. The van der Waals surface area contributed by atoms with Crippen LogP contribution in [0.3, 0.4) is 0 Å². The van der Waals surface area contributed by atoms with E-state index in [0.717, 1.165) is 4.47 Å². The molecule has 0 radical (unpaired) electrons. The first kappa shape index (κ1) is 14.2. The van der Waals surface area contributed by atoms with Crippen LogP contribution in [0.15, 0.2) is 34.2 Å². The van der Waals surface area contributed by atoms with Gasteiger partial charge in [0.25, 0.3) is 5.91 Å². The van der Waals surface area contributed by atoms with Gasteiger partial charge in [-0.05, 0) is 23.1 Å². The lowest BCUT2D eigenvalue weighted by molar-refractivity contribution is 0.102. The van der Waals surface area contributed by atoms with Gasteiger partial charge in [-0.15, -0.1) is 11.3 Å². The molecule has 19 heavy (non-hydrogen) atoms. The first-order chi connectivity index (χ1) is 8.88. The van der Waals surface area contributed by atoms with Crippen LogP contribution in [0.2, 0.25) is 0 Å². The van der Waals surface area contributed by atoms with Gasteiger partial charge in [-0.2, -0.15) is 0 Å². The second kappa shape index (κ2) is 5.43. The standard InChI is InChI=1S/C14H15BrN2OS/c1-14(2,3)10-5-4-9(8-11(10)15)12(18)17-13-16-6-7-19-13/h4-8H,1-3H3,(H,16,17,18). The van der Waals surface area contributed by atoms with Crippen LogP contribution >= 0.6 is 27.3 Å². The Morgan fingerprint density at radius 1 is 1.37 bits per heavy atom. The van der Waals surface area contributed by atoms with Crippen LogP contribution in [0.25, 0.3) is 0 Å². The smallest absolute Gasteiger partial charge is 0.257 e. The fourth-order valence-corrected chi connectivity index (χ4v) is 3.22. The monoisotopic (exact) mass is 338 g/mol. The van der Waals surface area contributed by atoms with E-state index in [1.807, 2.05) is 23.6 Å². The van der Waals surface area contributed by atoms with Crippen LogP contribution in [0, 0.1) is 0 Å². The fraction of sp³-hybridized carbons (Fsp3) is 0.286. The second-order valence-electron chi connectivity index (χ2n) is 5.24. The van der Waals surface area contributed by atoms with E-state index in [9.17, 15) is 4.79 Å². The molecule has 3 nitrogen and oxygen atoms in total. The van der Waals surface area contributed by atoms with Gasteiger partial charge in [0.2, 0.25) is 0 Å². The molecule has 1 aromatic carbocycles. The Bertz CT molecular complexity index is 588. The van der Waals surface area contributed by atoms with Crippen molar-refractivity contribution in [3.8, 4) is 0 Å². The predicted molar refractivity (Wildman–Crippen MR) is 82.9 cm³/mol. The third kappa shape index (κ3) is 3.42. The Kier molecular flexibility index (Phi) is 4.06. The van der Waals surface area contributed by atoms with Gasteiger partial charge in [-0.25, -0.2) is 4.98 Å². The summed E-state index contributed by atoms with van der Waals surface area (Å²) < 4.78 is 0.951. The molecule has 0 saturated carbocycles. The normalized spacial score (nSPS) is 11.4. The van der Waals surface area contributed by atoms with Crippen LogP contribution in [0.1, 0.15) is 36.7 Å². The molecule has 0 aliphatic carbocycles. The highest BCUT2D eigenvalue weighted by Gasteiger charge is 2.18. The minimum atomic E-state index is -0.142. The van der Waals surface area contributed by atoms with E-state index in [1.165, 1.54) is 16.9 Å². The number of carbonyl (C=O) groups excluding carboxylic acids is 1. The lowest BCUT2D eigenvalue weighted by Gasteiger charge is -2.21. The molecule has 100 valence electrons. The maximum absolute atomic E-state index is 12.1. The van der Waals surface area contributed by atoms with Crippen molar-refractivity contribution in [2.45, 2.75) is 26.2 Å². The highest BCUT2D eigenvalue weighted by molar-refractivity contribution is 9.10. The van der Waals surface area contributed by atoms with Gasteiger partial charge in [-0.3, -0.25) is 10.1 Å². The SMILES string of the molecule is CC(C)(C)c1ccc(C(=O)Nc2nccs2)cc1Br. The summed E-state index contributed by atoms with van der Waals surface area (Å²) in [5.74, 6) is -0.142. The zero-order chi connectivity index (χ0) is 14.0. The fourth-order valence-electron chi connectivity index (χ4n) is 1.72. The molecule has 0 saturated heterocycles. The van der Waals surface area contributed by atoms with E-state index in [4.69, 9.17) is 0 Å². The van der Waals surface area contributed by atoms with Crippen LogP contribution < -0.4 is 5.32 Å². The predicted octanol–water partition coefficient (Wildman–Crippen LogP) is 4.46. The number of rotatable bonds is 2. The van der Waals surface area contributed by atoms with Gasteiger partial charge in [0.05, 0.1) is 0 Å². The number of benzene rings is 1. The van der Waals surface area contributed by atoms with Crippen LogP contribution in [0.5, 0.6) is 0 Å². The van der Waals surface area contributed by atoms with E-state index in [1.54, 1.807) is 6.20 Å². The number of nitrogens with one attached hydrogen (secondary N) is 1. The second-order valence-corrected chi connectivity index (χ2v) is 6.98. The van der Waals surface area contributed by atoms with Gasteiger partial charge in [0, 0.05) is 21.6 Å². The molecule has 5 heteroatoms. The molecule has 2 rings (SSSR count). The van der Waals surface area contributed by atoms with Gasteiger partial charge in [-0.1, -0.05) is 42.8 Å². The number of amides is 1. The number of aromatic nitrogens is 1. The number of anilines is 1. The molecule has 0 unspecified atom stereocenters. The number of halogens is 1. The largest absolute Gasteiger partial charge is 0.298 e. The molecule has 0 aliphatic heterocycles. The summed E-state index contributed by atoms with van der Waals surface area (Å²) in [4.78, 5) is 16.1. The van der Waals surface area contributed by atoms with Crippen molar-refractivity contribution in [2.75, 3.05) is 5.32 Å². The average Bonchev–Trinajstić information content (AvgIpc) is 2.79. The Morgan fingerprint density at radius 3 is 2.63 bits per heavy atom. The van der Waals surface area contributed by atoms with Crippen molar-refractivity contribution in [1.29, 1.82) is 0 Å². The summed E-state index contributed by atoms with van der Waals surface area (Å²) in [6.07, 6.45) is 1.67. The average molecular weight is 339 g/mol. The van der Waals surface area contributed by atoms with E-state index in [2.05, 4.69) is 47.0 Å². The third-order valence-corrected chi connectivity index (χ3v) is 4.04. The van der Waals surface area contributed by atoms with Gasteiger partial charge in [0.15, 0.2) is 5.13 Å². The number of nitrogens with zero attached hydrogens (tertiary/aromatic N) is 1. The maximum atomic E-state index is 12.1. The van der Waals surface area contributed by atoms with Crippen molar-refractivity contribution in [3.05, 3.63) is 45.4 Å². The lowest BCUT2D eigenvalue weighted by atomic mass is 9.86. The van der Waals surface area contributed by atoms with E-state index < -0.39 is 0 Å². The Hall–Kier alpha value is -1.20. The molecule has 0 aliphatic rings. The van der Waals surface area contributed by atoms with E-state index >= 15 is 0 Å². The quantitative estimate of drug-likeness (QED) is 0.878. The van der Waals surface area contributed by atoms with E-state index in [0.29, 0.717) is 10.7 Å².